The molecule has 1 atom stereocenters. The van der Waals surface area contributed by atoms with E-state index in [0.29, 0.717) is 12.5 Å². The molecule has 1 rings (SSSR count). The predicted octanol–water partition coefficient (Wildman–Crippen LogP) is 3.57. The van der Waals surface area contributed by atoms with Crippen LogP contribution >= 0.6 is 11.8 Å². The van der Waals surface area contributed by atoms with Gasteiger partial charge in [0.25, 0.3) is 0 Å². The topological polar surface area (TPSA) is 20.3 Å². The van der Waals surface area contributed by atoms with Crippen molar-refractivity contribution in [1.29, 1.82) is 0 Å². The van der Waals surface area contributed by atoms with Crippen LogP contribution in [0.25, 0.3) is 0 Å². The van der Waals surface area contributed by atoms with Gasteiger partial charge in [0.2, 0.25) is 0 Å². The maximum atomic E-state index is 12.1. The van der Waals surface area contributed by atoms with Crippen molar-refractivity contribution in [2.75, 3.05) is 26.4 Å². The van der Waals surface area contributed by atoms with E-state index in [2.05, 4.69) is 18.7 Å². The van der Waals surface area contributed by atoms with Crippen molar-refractivity contribution in [2.45, 2.75) is 25.2 Å². The highest BCUT2D eigenvalue weighted by Crippen LogP contribution is 2.15. The molecule has 18 heavy (non-hydrogen) atoms. The first-order valence-electron chi connectivity index (χ1n) is 6.42. The third-order valence-electron chi connectivity index (χ3n) is 3.15. The lowest BCUT2D eigenvalue weighted by atomic mass is 10.1. The molecule has 1 aromatic rings. The molecule has 0 aliphatic carbocycles. The average Bonchev–Trinajstić information content (AvgIpc) is 2.38. The fourth-order valence-corrected chi connectivity index (χ4v) is 2.25. The molecule has 0 aliphatic heterocycles. The largest absolute Gasteiger partial charge is 0.299 e. The highest BCUT2D eigenvalue weighted by atomic mass is 32.2. The summed E-state index contributed by atoms with van der Waals surface area (Å²) < 4.78 is 0. The van der Waals surface area contributed by atoms with Gasteiger partial charge in [0, 0.05) is 17.0 Å². The number of ketones is 1. The molecule has 1 unspecified atom stereocenters. The van der Waals surface area contributed by atoms with Crippen molar-refractivity contribution >= 4 is 17.5 Å². The molecule has 0 bridgehead atoms. The van der Waals surface area contributed by atoms with E-state index in [1.807, 2.05) is 37.6 Å². The van der Waals surface area contributed by atoms with Gasteiger partial charge in [-0.05, 0) is 31.4 Å². The number of carbonyl (C=O) groups excluding carboxylic acids is 1. The molecule has 1 aromatic carbocycles. The molecule has 0 aromatic heterocycles. The maximum Gasteiger partial charge on any atom is 0.176 e. The zero-order valence-electron chi connectivity index (χ0n) is 11.8. The van der Waals surface area contributed by atoms with Crippen LogP contribution in [0.1, 0.15) is 30.6 Å². The number of carbonyl (C=O) groups is 1. The first kappa shape index (κ1) is 15.3. The van der Waals surface area contributed by atoms with Crippen LogP contribution in [0.2, 0.25) is 0 Å². The zero-order chi connectivity index (χ0) is 13.5. The van der Waals surface area contributed by atoms with Crippen molar-refractivity contribution in [3.05, 3.63) is 29.8 Å². The van der Waals surface area contributed by atoms with Crippen LogP contribution in [0.3, 0.4) is 0 Å². The number of nitrogens with zero attached hydrogens (tertiary/aromatic N) is 1. The Bertz CT molecular complexity index is 375. The summed E-state index contributed by atoms with van der Waals surface area (Å²) >= 11 is 1.69. The lowest BCUT2D eigenvalue weighted by Gasteiger charge is -2.19. The van der Waals surface area contributed by atoms with Crippen molar-refractivity contribution in [3.63, 3.8) is 0 Å². The Morgan fingerprint density at radius 2 is 1.94 bits per heavy atom. The number of Topliss-reactive ketones (excluding diaryl/α,β-unsaturated/α-hetero) is 1. The molecule has 0 spiro atoms. The van der Waals surface area contributed by atoms with Gasteiger partial charge in [0.1, 0.15) is 0 Å². The van der Waals surface area contributed by atoms with E-state index in [4.69, 9.17) is 0 Å². The zero-order valence-corrected chi connectivity index (χ0v) is 12.6. The molecule has 0 saturated heterocycles. The summed E-state index contributed by atoms with van der Waals surface area (Å²) in [5.41, 5.74) is 0.809. The number of benzene rings is 1. The van der Waals surface area contributed by atoms with Crippen LogP contribution in [-0.4, -0.2) is 37.1 Å². The van der Waals surface area contributed by atoms with Crippen LogP contribution in [0.5, 0.6) is 0 Å². The van der Waals surface area contributed by atoms with Gasteiger partial charge in [-0.3, -0.25) is 9.69 Å². The van der Waals surface area contributed by atoms with E-state index >= 15 is 0 Å². The van der Waals surface area contributed by atoms with Gasteiger partial charge in [-0.15, -0.1) is 11.8 Å². The third kappa shape index (κ3) is 4.83. The van der Waals surface area contributed by atoms with Gasteiger partial charge in [0.15, 0.2) is 5.78 Å². The van der Waals surface area contributed by atoms with Gasteiger partial charge in [-0.1, -0.05) is 32.4 Å². The Balaban J connectivity index is 2.53. The van der Waals surface area contributed by atoms with Crippen molar-refractivity contribution in [3.8, 4) is 0 Å². The number of rotatable bonds is 7. The summed E-state index contributed by atoms with van der Waals surface area (Å²) in [6, 6.07) is 7.86. The first-order chi connectivity index (χ1) is 8.56. The van der Waals surface area contributed by atoms with Gasteiger partial charge < -0.3 is 0 Å². The Morgan fingerprint density at radius 1 is 1.33 bits per heavy atom. The smallest absolute Gasteiger partial charge is 0.176 e. The monoisotopic (exact) mass is 265 g/mol. The summed E-state index contributed by atoms with van der Waals surface area (Å²) in [5, 5.41) is 0. The van der Waals surface area contributed by atoms with Crippen LogP contribution < -0.4 is 0 Å². The fraction of sp³-hybridized carbons (Fsp3) is 0.533. The highest BCUT2D eigenvalue weighted by molar-refractivity contribution is 7.98. The minimum atomic E-state index is 0.202. The number of hydrogen-bond donors (Lipinski definition) is 0. The van der Waals surface area contributed by atoms with E-state index in [9.17, 15) is 4.79 Å². The maximum absolute atomic E-state index is 12.1. The summed E-state index contributed by atoms with van der Waals surface area (Å²) in [6.45, 7) is 5.88. The molecule has 100 valence electrons. The van der Waals surface area contributed by atoms with Crippen molar-refractivity contribution in [1.82, 2.24) is 4.90 Å². The predicted molar refractivity (Wildman–Crippen MR) is 79.5 cm³/mol. The summed E-state index contributed by atoms with van der Waals surface area (Å²) in [7, 11) is 2.01. The molecule has 0 aliphatic rings. The molecule has 3 heteroatoms. The minimum Gasteiger partial charge on any atom is -0.299 e. The molecule has 0 heterocycles. The first-order valence-corrected chi connectivity index (χ1v) is 7.65. The second-order valence-electron chi connectivity index (χ2n) is 4.86. The molecule has 0 N–H and O–H groups in total. The van der Waals surface area contributed by atoms with Crippen LogP contribution in [-0.2, 0) is 0 Å². The summed E-state index contributed by atoms with van der Waals surface area (Å²) in [4.78, 5) is 15.4. The fourth-order valence-electron chi connectivity index (χ4n) is 1.84. The minimum absolute atomic E-state index is 0.202. The quantitative estimate of drug-likeness (QED) is 0.555. The standard InChI is InChI=1S/C15H23NOS/c1-5-12(2)10-16(3)11-15(17)13-6-8-14(18-4)9-7-13/h6-9,12H,5,10-11H2,1-4H3. The number of thioether (sulfide) groups is 1. The second kappa shape index (κ2) is 7.59. The van der Waals surface area contributed by atoms with Gasteiger partial charge in [-0.2, -0.15) is 0 Å². The number of likely N-dealkylation sites (N-methyl/N-ethyl adjacent to an activating group) is 1. The van der Waals surface area contributed by atoms with E-state index in [0.717, 1.165) is 18.5 Å². The molecule has 2 nitrogen and oxygen atoms in total. The highest BCUT2D eigenvalue weighted by Gasteiger charge is 2.11. The van der Waals surface area contributed by atoms with Crippen molar-refractivity contribution < 1.29 is 4.79 Å². The van der Waals surface area contributed by atoms with Gasteiger partial charge >= 0.3 is 0 Å². The SMILES string of the molecule is CCC(C)CN(C)CC(=O)c1ccc(SC)cc1. The lowest BCUT2D eigenvalue weighted by Crippen LogP contribution is -2.29. The van der Waals surface area contributed by atoms with Crippen molar-refractivity contribution in [2.24, 2.45) is 5.92 Å². The van der Waals surface area contributed by atoms with E-state index in [-0.39, 0.29) is 5.78 Å². The van der Waals surface area contributed by atoms with Gasteiger partial charge in [0.05, 0.1) is 6.54 Å². The van der Waals surface area contributed by atoms with Gasteiger partial charge in [-0.25, -0.2) is 0 Å². The molecule has 0 amide bonds. The van der Waals surface area contributed by atoms with Crippen LogP contribution in [0.4, 0.5) is 0 Å². The molecule has 0 radical (unpaired) electrons. The summed E-state index contributed by atoms with van der Waals surface area (Å²) in [5.74, 6) is 0.843. The lowest BCUT2D eigenvalue weighted by molar-refractivity contribution is 0.0938. The second-order valence-corrected chi connectivity index (χ2v) is 5.74. The Kier molecular flexibility index (Phi) is 6.44. The van der Waals surface area contributed by atoms with E-state index in [1.54, 1.807) is 11.8 Å². The van der Waals surface area contributed by atoms with Crippen LogP contribution in [0, 0.1) is 5.92 Å². The number of hydrogen-bond acceptors (Lipinski definition) is 3. The molecule has 0 fully saturated rings. The normalized spacial score (nSPS) is 12.7. The van der Waals surface area contributed by atoms with Crippen LogP contribution in [0.15, 0.2) is 29.2 Å². The Morgan fingerprint density at radius 3 is 2.44 bits per heavy atom. The molecular weight excluding hydrogens is 242 g/mol. The molecular formula is C15H23NOS. The van der Waals surface area contributed by atoms with E-state index < -0.39 is 0 Å². The Labute approximate surface area is 115 Å². The summed E-state index contributed by atoms with van der Waals surface area (Å²) in [6.07, 6.45) is 3.19. The average molecular weight is 265 g/mol. The van der Waals surface area contributed by atoms with E-state index in [1.165, 1.54) is 4.90 Å². The third-order valence-corrected chi connectivity index (χ3v) is 3.89. The molecule has 0 saturated carbocycles. The Hall–Kier alpha value is -0.800.